The highest BCUT2D eigenvalue weighted by atomic mass is 19.1. The van der Waals surface area contributed by atoms with Crippen LogP contribution < -0.4 is 10.1 Å². The Hall–Kier alpha value is -2.60. The molecule has 0 saturated carbocycles. The first-order chi connectivity index (χ1) is 12.0. The topological polar surface area (TPSA) is 61.8 Å². The molecule has 1 unspecified atom stereocenters. The number of nitrogens with zero attached hydrogens (tertiary/aromatic N) is 1. The fourth-order valence-corrected chi connectivity index (χ4v) is 2.50. The van der Waals surface area contributed by atoms with Crippen molar-refractivity contribution in [1.29, 1.82) is 0 Å². The molecule has 0 aromatic heterocycles. The number of benzene rings is 2. The van der Waals surface area contributed by atoms with Crippen molar-refractivity contribution in [3.05, 3.63) is 59.9 Å². The van der Waals surface area contributed by atoms with Crippen LogP contribution in [-0.4, -0.2) is 35.8 Å². The van der Waals surface area contributed by atoms with E-state index in [-0.39, 0.29) is 18.7 Å². The summed E-state index contributed by atoms with van der Waals surface area (Å²) in [7, 11) is 1.44. The third kappa shape index (κ3) is 5.46. The van der Waals surface area contributed by atoms with Gasteiger partial charge in [0.1, 0.15) is 11.6 Å². The molecular formula is C19H23FN2O3. The standard InChI is InChI=1S/C19H23FN2O3/c1-14(8-9-23)22(13-15-6-4-3-5-7-15)19(24)21-17-10-16(20)11-18(12-17)25-2/h3-7,10-12,14,23H,8-9,13H2,1-2H3,(H,21,24). The molecule has 0 spiro atoms. The Labute approximate surface area is 147 Å². The maximum atomic E-state index is 13.6. The average Bonchev–Trinajstić information content (AvgIpc) is 2.60. The SMILES string of the molecule is COc1cc(F)cc(NC(=O)N(Cc2ccccc2)C(C)CCO)c1. The van der Waals surface area contributed by atoms with Gasteiger partial charge in [-0.3, -0.25) is 0 Å². The first-order valence-corrected chi connectivity index (χ1v) is 8.10. The molecule has 6 heteroatoms. The highest BCUT2D eigenvalue weighted by Crippen LogP contribution is 2.21. The molecule has 0 radical (unpaired) electrons. The lowest BCUT2D eigenvalue weighted by Crippen LogP contribution is -2.41. The normalized spacial score (nSPS) is 11.7. The quantitative estimate of drug-likeness (QED) is 0.805. The molecule has 5 nitrogen and oxygen atoms in total. The lowest BCUT2D eigenvalue weighted by atomic mass is 10.1. The molecule has 2 aromatic carbocycles. The number of aliphatic hydroxyl groups is 1. The molecule has 0 aliphatic carbocycles. The fraction of sp³-hybridized carbons (Fsp3) is 0.316. The number of amides is 2. The Morgan fingerprint density at radius 3 is 2.64 bits per heavy atom. The molecule has 1 atom stereocenters. The van der Waals surface area contributed by atoms with Gasteiger partial charge in [0.25, 0.3) is 0 Å². The van der Waals surface area contributed by atoms with Gasteiger partial charge in [-0.25, -0.2) is 9.18 Å². The molecule has 25 heavy (non-hydrogen) atoms. The van der Waals surface area contributed by atoms with Crippen molar-refractivity contribution in [2.45, 2.75) is 25.9 Å². The molecule has 0 bridgehead atoms. The van der Waals surface area contributed by atoms with Crippen molar-refractivity contribution in [2.24, 2.45) is 0 Å². The maximum Gasteiger partial charge on any atom is 0.322 e. The fourth-order valence-electron chi connectivity index (χ4n) is 2.50. The van der Waals surface area contributed by atoms with Gasteiger partial charge in [0.15, 0.2) is 0 Å². The van der Waals surface area contributed by atoms with Crippen molar-refractivity contribution in [2.75, 3.05) is 19.0 Å². The van der Waals surface area contributed by atoms with Gasteiger partial charge in [-0.2, -0.15) is 0 Å². The van der Waals surface area contributed by atoms with Crippen molar-refractivity contribution < 1.29 is 19.0 Å². The van der Waals surface area contributed by atoms with E-state index < -0.39 is 5.82 Å². The summed E-state index contributed by atoms with van der Waals surface area (Å²) in [5.41, 5.74) is 1.29. The number of halogens is 1. The number of urea groups is 1. The molecule has 0 fully saturated rings. The van der Waals surface area contributed by atoms with E-state index in [1.807, 2.05) is 37.3 Å². The van der Waals surface area contributed by atoms with Gasteiger partial charge in [0.05, 0.1) is 7.11 Å². The molecular weight excluding hydrogens is 323 g/mol. The summed E-state index contributed by atoms with van der Waals surface area (Å²) in [6.45, 7) is 2.23. The number of nitrogens with one attached hydrogen (secondary N) is 1. The molecule has 2 aromatic rings. The Morgan fingerprint density at radius 2 is 2.00 bits per heavy atom. The number of carbonyl (C=O) groups excluding carboxylic acids is 1. The lowest BCUT2D eigenvalue weighted by Gasteiger charge is -2.29. The monoisotopic (exact) mass is 346 g/mol. The van der Waals surface area contributed by atoms with Crippen LogP contribution in [0, 0.1) is 5.82 Å². The van der Waals surface area contributed by atoms with Crippen LogP contribution in [0.4, 0.5) is 14.9 Å². The Kier molecular flexibility index (Phi) is 6.77. The predicted molar refractivity (Wildman–Crippen MR) is 95.1 cm³/mol. The third-order valence-electron chi connectivity index (χ3n) is 3.89. The molecule has 0 aliphatic heterocycles. The molecule has 2 N–H and O–H groups in total. The van der Waals surface area contributed by atoms with E-state index >= 15 is 0 Å². The second-order valence-corrected chi connectivity index (χ2v) is 5.78. The number of carbonyl (C=O) groups is 1. The van der Waals surface area contributed by atoms with Crippen molar-refractivity contribution in [1.82, 2.24) is 4.90 Å². The zero-order valence-corrected chi connectivity index (χ0v) is 14.4. The molecule has 2 rings (SSSR count). The Balaban J connectivity index is 2.18. The van der Waals surface area contributed by atoms with Crippen molar-refractivity contribution in [3.63, 3.8) is 0 Å². The van der Waals surface area contributed by atoms with E-state index in [1.165, 1.54) is 19.2 Å². The van der Waals surface area contributed by atoms with Gasteiger partial charge in [-0.1, -0.05) is 30.3 Å². The minimum atomic E-state index is -0.493. The van der Waals surface area contributed by atoms with Crippen LogP contribution in [0.25, 0.3) is 0 Å². The highest BCUT2D eigenvalue weighted by Gasteiger charge is 2.20. The molecule has 0 aliphatic rings. The van der Waals surface area contributed by atoms with Crippen LogP contribution in [0.1, 0.15) is 18.9 Å². The predicted octanol–water partition coefficient (Wildman–Crippen LogP) is 3.64. The summed E-state index contributed by atoms with van der Waals surface area (Å²) in [6.07, 6.45) is 0.451. The Morgan fingerprint density at radius 1 is 1.28 bits per heavy atom. The van der Waals surface area contributed by atoms with Gasteiger partial charge in [-0.15, -0.1) is 0 Å². The smallest absolute Gasteiger partial charge is 0.322 e. The molecule has 0 heterocycles. The number of ether oxygens (including phenoxy) is 1. The molecule has 134 valence electrons. The summed E-state index contributed by atoms with van der Waals surface area (Å²) in [4.78, 5) is 14.3. The minimum Gasteiger partial charge on any atom is -0.497 e. The zero-order valence-electron chi connectivity index (χ0n) is 14.4. The number of hydrogen-bond donors (Lipinski definition) is 2. The van der Waals surface area contributed by atoms with Crippen LogP contribution in [-0.2, 0) is 6.54 Å². The number of rotatable bonds is 7. The van der Waals surface area contributed by atoms with Crippen LogP contribution in [0.2, 0.25) is 0 Å². The summed E-state index contributed by atoms with van der Waals surface area (Å²) >= 11 is 0. The minimum absolute atomic E-state index is 0.0203. The summed E-state index contributed by atoms with van der Waals surface area (Å²) in [5.74, 6) is -0.166. The van der Waals surface area contributed by atoms with E-state index in [0.29, 0.717) is 24.4 Å². The third-order valence-corrected chi connectivity index (χ3v) is 3.89. The zero-order chi connectivity index (χ0) is 18.2. The Bertz CT molecular complexity index is 694. The van der Waals surface area contributed by atoms with Gasteiger partial charge in [-0.05, 0) is 25.0 Å². The number of anilines is 1. The second kappa shape index (κ2) is 9.03. The number of aliphatic hydroxyl groups excluding tert-OH is 1. The molecule has 0 saturated heterocycles. The van der Waals surface area contributed by atoms with E-state index in [1.54, 1.807) is 11.0 Å². The van der Waals surface area contributed by atoms with E-state index in [0.717, 1.165) is 5.56 Å². The summed E-state index contributed by atoms with van der Waals surface area (Å²) < 4.78 is 18.6. The van der Waals surface area contributed by atoms with Gasteiger partial charge in [0, 0.05) is 37.0 Å². The number of hydrogen-bond acceptors (Lipinski definition) is 3. The van der Waals surface area contributed by atoms with Gasteiger partial charge < -0.3 is 20.1 Å². The van der Waals surface area contributed by atoms with Crippen molar-refractivity contribution >= 4 is 11.7 Å². The van der Waals surface area contributed by atoms with Gasteiger partial charge >= 0.3 is 6.03 Å². The van der Waals surface area contributed by atoms with Crippen LogP contribution >= 0.6 is 0 Å². The maximum absolute atomic E-state index is 13.6. The van der Waals surface area contributed by atoms with E-state index in [2.05, 4.69) is 5.32 Å². The summed E-state index contributed by atoms with van der Waals surface area (Å²) in [6, 6.07) is 13.1. The first-order valence-electron chi connectivity index (χ1n) is 8.10. The second-order valence-electron chi connectivity index (χ2n) is 5.78. The van der Waals surface area contributed by atoms with E-state index in [9.17, 15) is 14.3 Å². The van der Waals surface area contributed by atoms with Crippen LogP contribution in [0.15, 0.2) is 48.5 Å². The largest absolute Gasteiger partial charge is 0.497 e. The van der Waals surface area contributed by atoms with Gasteiger partial charge in [0.2, 0.25) is 0 Å². The highest BCUT2D eigenvalue weighted by molar-refractivity contribution is 5.89. The summed E-state index contributed by atoms with van der Waals surface area (Å²) in [5, 5.41) is 11.9. The molecule has 2 amide bonds. The number of methoxy groups -OCH3 is 1. The van der Waals surface area contributed by atoms with Crippen molar-refractivity contribution in [3.8, 4) is 5.75 Å². The average molecular weight is 346 g/mol. The van der Waals surface area contributed by atoms with Crippen LogP contribution in [0.3, 0.4) is 0 Å². The van der Waals surface area contributed by atoms with Crippen LogP contribution in [0.5, 0.6) is 5.75 Å². The lowest BCUT2D eigenvalue weighted by molar-refractivity contribution is 0.169. The van der Waals surface area contributed by atoms with E-state index in [4.69, 9.17) is 4.74 Å². The first kappa shape index (κ1) is 18.7.